The molecule has 0 aliphatic heterocycles. The number of fused-ring (bicyclic) bond motifs is 1. The quantitative estimate of drug-likeness (QED) is 0.332. The van der Waals surface area contributed by atoms with Crippen molar-refractivity contribution in [2.75, 3.05) is 19.3 Å². The van der Waals surface area contributed by atoms with Gasteiger partial charge in [-0.2, -0.15) is 9.37 Å². The zero-order valence-corrected chi connectivity index (χ0v) is 16.4. The predicted octanol–water partition coefficient (Wildman–Crippen LogP) is 4.45. The van der Waals surface area contributed by atoms with Gasteiger partial charge in [0.2, 0.25) is 0 Å². The van der Waals surface area contributed by atoms with Gasteiger partial charge >= 0.3 is 6.08 Å². The van der Waals surface area contributed by atoms with Gasteiger partial charge in [-0.3, -0.25) is 9.82 Å². The van der Waals surface area contributed by atoms with Gasteiger partial charge in [0.15, 0.2) is 17.3 Å². The minimum Gasteiger partial charge on any atom is -0.493 e. The second kappa shape index (κ2) is 8.71. The van der Waals surface area contributed by atoms with Crippen LogP contribution in [-0.4, -0.2) is 29.2 Å². The molecule has 0 aliphatic carbocycles. The summed E-state index contributed by atoms with van der Waals surface area (Å²) in [4.78, 5) is 18.2. The molecule has 0 saturated carbocycles. The summed E-state index contributed by atoms with van der Waals surface area (Å²) in [7, 11) is 3.04. The van der Waals surface area contributed by atoms with Crippen molar-refractivity contribution in [1.82, 2.24) is 15.0 Å². The fourth-order valence-electron chi connectivity index (χ4n) is 3.00. The molecule has 0 bridgehead atoms. The van der Waals surface area contributed by atoms with Gasteiger partial charge in [-0.1, -0.05) is 24.3 Å². The summed E-state index contributed by atoms with van der Waals surface area (Å²) < 4.78 is 25.1. The zero-order chi connectivity index (χ0) is 20.9. The van der Waals surface area contributed by atoms with Crippen molar-refractivity contribution < 1.29 is 18.7 Å². The number of ether oxygens (including phenoxy) is 2. The van der Waals surface area contributed by atoms with Gasteiger partial charge < -0.3 is 9.47 Å². The lowest BCUT2D eigenvalue weighted by molar-refractivity contribution is 0.118. The number of benzene rings is 2. The second-order valence-electron chi connectivity index (χ2n) is 6.27. The number of nitrogens with zero attached hydrogens (tertiary/aromatic N) is 4. The second-order valence-corrected chi connectivity index (χ2v) is 6.27. The SMILES string of the molecule is COc1cc2nc(F)nc(N(OCc3ccccn3)c3ccccc3)c2cc1OC. The predicted molar refractivity (Wildman–Crippen MR) is 110 cm³/mol. The van der Waals surface area contributed by atoms with E-state index < -0.39 is 6.08 Å². The molecular formula is C22H19FN4O3. The van der Waals surface area contributed by atoms with Crippen LogP contribution in [0.3, 0.4) is 0 Å². The molecule has 7 nitrogen and oxygen atoms in total. The molecule has 2 aromatic heterocycles. The van der Waals surface area contributed by atoms with Gasteiger partial charge in [0.05, 0.1) is 31.1 Å². The average molecular weight is 406 g/mol. The van der Waals surface area contributed by atoms with Crippen molar-refractivity contribution >= 4 is 22.4 Å². The zero-order valence-electron chi connectivity index (χ0n) is 16.4. The van der Waals surface area contributed by atoms with Crippen molar-refractivity contribution in [3.63, 3.8) is 0 Å². The van der Waals surface area contributed by atoms with Crippen LogP contribution >= 0.6 is 0 Å². The lowest BCUT2D eigenvalue weighted by atomic mass is 10.2. The molecule has 2 aromatic carbocycles. The van der Waals surface area contributed by atoms with Gasteiger partial charge in [-0.25, -0.2) is 10.0 Å². The van der Waals surface area contributed by atoms with Crippen molar-refractivity contribution in [2.45, 2.75) is 6.61 Å². The summed E-state index contributed by atoms with van der Waals surface area (Å²) in [6.07, 6.45) is 0.801. The lowest BCUT2D eigenvalue weighted by Gasteiger charge is -2.24. The summed E-state index contributed by atoms with van der Waals surface area (Å²) in [5.41, 5.74) is 1.75. The molecular weight excluding hydrogens is 387 g/mol. The Balaban J connectivity index is 1.85. The standard InChI is InChI=1S/C22H19FN4O3/c1-28-19-12-17-18(13-20(19)29-2)25-22(23)26-21(17)27(16-9-4-3-5-10-16)30-14-15-8-6-7-11-24-15/h3-13H,14H2,1-2H3. The first kappa shape index (κ1) is 19.5. The average Bonchev–Trinajstić information content (AvgIpc) is 2.79. The number of aromatic nitrogens is 3. The fraction of sp³-hybridized carbons (Fsp3) is 0.136. The third-order valence-corrected chi connectivity index (χ3v) is 4.40. The first-order chi connectivity index (χ1) is 14.7. The normalized spacial score (nSPS) is 10.8. The minimum atomic E-state index is -0.882. The highest BCUT2D eigenvalue weighted by molar-refractivity contribution is 5.93. The molecule has 4 rings (SSSR count). The topological polar surface area (TPSA) is 69.6 Å². The number of hydrogen-bond acceptors (Lipinski definition) is 7. The van der Waals surface area contributed by atoms with Crippen LogP contribution in [0.5, 0.6) is 11.5 Å². The monoisotopic (exact) mass is 406 g/mol. The highest BCUT2D eigenvalue weighted by atomic mass is 19.1. The number of halogens is 1. The number of rotatable bonds is 7. The summed E-state index contributed by atoms with van der Waals surface area (Å²) in [6.45, 7) is 0.163. The van der Waals surface area contributed by atoms with Crippen molar-refractivity contribution in [1.29, 1.82) is 0 Å². The lowest BCUT2D eigenvalue weighted by Crippen LogP contribution is -2.20. The molecule has 0 atom stereocenters. The maximum atomic E-state index is 14.4. The van der Waals surface area contributed by atoms with Crippen molar-refractivity contribution in [3.05, 3.63) is 78.6 Å². The number of anilines is 2. The molecule has 8 heteroatoms. The molecule has 4 aromatic rings. The Morgan fingerprint density at radius 1 is 0.900 bits per heavy atom. The van der Waals surface area contributed by atoms with E-state index in [0.717, 1.165) is 5.69 Å². The molecule has 0 aliphatic rings. The van der Waals surface area contributed by atoms with E-state index in [4.69, 9.17) is 14.3 Å². The molecule has 152 valence electrons. The van der Waals surface area contributed by atoms with E-state index >= 15 is 0 Å². The van der Waals surface area contributed by atoms with Gasteiger partial charge in [0.25, 0.3) is 0 Å². The Morgan fingerprint density at radius 3 is 2.33 bits per heavy atom. The van der Waals surface area contributed by atoms with Crippen LogP contribution in [0.25, 0.3) is 10.9 Å². The minimum absolute atomic E-state index is 0.163. The van der Waals surface area contributed by atoms with Crippen LogP contribution in [-0.2, 0) is 11.4 Å². The van der Waals surface area contributed by atoms with Crippen LogP contribution in [0.1, 0.15) is 5.69 Å². The molecule has 0 spiro atoms. The van der Waals surface area contributed by atoms with E-state index in [1.807, 2.05) is 48.5 Å². The first-order valence-corrected chi connectivity index (χ1v) is 9.17. The molecule has 0 N–H and O–H groups in total. The van der Waals surface area contributed by atoms with Crippen LogP contribution in [0.15, 0.2) is 66.9 Å². The Kier molecular flexibility index (Phi) is 5.67. The highest BCUT2D eigenvalue weighted by Crippen LogP contribution is 2.37. The van der Waals surface area contributed by atoms with Crippen LogP contribution in [0.4, 0.5) is 15.9 Å². The maximum Gasteiger partial charge on any atom is 0.311 e. The number of hydrogen-bond donors (Lipinski definition) is 0. The van der Waals surface area contributed by atoms with Crippen molar-refractivity contribution in [2.24, 2.45) is 0 Å². The number of para-hydroxylation sites is 1. The Morgan fingerprint density at radius 2 is 1.63 bits per heavy atom. The maximum absolute atomic E-state index is 14.4. The molecule has 0 fully saturated rings. The Hall–Kier alpha value is -3.78. The molecule has 2 heterocycles. The van der Waals surface area contributed by atoms with E-state index in [-0.39, 0.29) is 12.4 Å². The highest BCUT2D eigenvalue weighted by Gasteiger charge is 2.20. The van der Waals surface area contributed by atoms with Crippen LogP contribution in [0.2, 0.25) is 0 Å². The Labute approximate surface area is 172 Å². The third kappa shape index (κ3) is 3.99. The van der Waals surface area contributed by atoms with Gasteiger partial charge in [-0.05, 0) is 30.3 Å². The van der Waals surface area contributed by atoms with E-state index in [9.17, 15) is 4.39 Å². The van der Waals surface area contributed by atoms with E-state index in [1.165, 1.54) is 19.3 Å². The largest absolute Gasteiger partial charge is 0.493 e. The summed E-state index contributed by atoms with van der Waals surface area (Å²) in [5, 5.41) is 2.01. The molecule has 0 amide bonds. The van der Waals surface area contributed by atoms with Crippen LogP contribution < -0.4 is 14.5 Å². The number of pyridine rings is 1. The smallest absolute Gasteiger partial charge is 0.311 e. The molecule has 0 saturated heterocycles. The number of methoxy groups -OCH3 is 2. The van der Waals surface area contributed by atoms with E-state index in [0.29, 0.717) is 28.1 Å². The molecule has 30 heavy (non-hydrogen) atoms. The Bertz CT molecular complexity index is 1140. The van der Waals surface area contributed by atoms with Crippen molar-refractivity contribution in [3.8, 4) is 11.5 Å². The van der Waals surface area contributed by atoms with Gasteiger partial charge in [0, 0.05) is 17.6 Å². The summed E-state index contributed by atoms with van der Waals surface area (Å²) in [6, 6.07) is 18.1. The first-order valence-electron chi connectivity index (χ1n) is 9.17. The third-order valence-electron chi connectivity index (χ3n) is 4.40. The summed E-state index contributed by atoms with van der Waals surface area (Å²) >= 11 is 0. The molecule has 0 unspecified atom stereocenters. The summed E-state index contributed by atoms with van der Waals surface area (Å²) in [5.74, 6) is 1.15. The van der Waals surface area contributed by atoms with Gasteiger partial charge in [0.1, 0.15) is 6.61 Å². The van der Waals surface area contributed by atoms with Gasteiger partial charge in [-0.15, -0.1) is 0 Å². The van der Waals surface area contributed by atoms with E-state index in [1.54, 1.807) is 18.3 Å². The van der Waals surface area contributed by atoms with Crippen LogP contribution in [0, 0.1) is 6.08 Å². The molecule has 0 radical (unpaired) electrons. The fourth-order valence-corrected chi connectivity index (χ4v) is 3.00. The van der Waals surface area contributed by atoms with E-state index in [2.05, 4.69) is 15.0 Å².